The number of hydrogen-bond donors (Lipinski definition) is 6. The maximum absolute atomic E-state index is 10.9. The summed E-state index contributed by atoms with van der Waals surface area (Å²) in [6.07, 6.45) is -7.49. The first kappa shape index (κ1) is 25.1. The molecule has 0 aromatic heterocycles. The van der Waals surface area contributed by atoms with Crippen LogP contribution < -0.4 is 5.48 Å². The third-order valence-corrected chi connectivity index (χ3v) is 3.14. The lowest BCUT2D eigenvalue weighted by Crippen LogP contribution is -2.54. The second-order valence-corrected chi connectivity index (χ2v) is 7.22. The molecule has 0 fully saturated rings. The first-order chi connectivity index (χ1) is 11.6. The van der Waals surface area contributed by atoms with E-state index in [4.69, 9.17) is 13.7 Å². The Morgan fingerprint density at radius 1 is 0.923 bits per heavy atom. The van der Waals surface area contributed by atoms with Gasteiger partial charge in [-0.2, -0.15) is 35.0 Å². The molecule has 0 rings (SSSR count). The summed E-state index contributed by atoms with van der Waals surface area (Å²) >= 11 is 0. The molecule has 17 nitrogen and oxygen atoms in total. The quantitative estimate of drug-likeness (QED) is 0.0666. The van der Waals surface area contributed by atoms with E-state index in [2.05, 4.69) is 17.7 Å². The van der Waals surface area contributed by atoms with E-state index in [9.17, 15) is 40.3 Å². The summed E-state index contributed by atoms with van der Waals surface area (Å²) in [6, 6.07) is -2.20. The largest absolute Gasteiger partial charge is 0.424 e. The predicted molar refractivity (Wildman–Crippen MR) is 72.6 cm³/mol. The molecule has 0 radical (unpaired) electrons. The SMILES string of the molecule is O=C[C@H](NOS(=O)(=O)O)[C@@H](OOS(=O)(=O)O)[C@H](O)[C@H](O)COS(=O)(=O)O. The van der Waals surface area contributed by atoms with E-state index in [0.29, 0.717) is 0 Å². The minimum atomic E-state index is -5.33. The third-order valence-electron chi connectivity index (χ3n) is 2.14. The van der Waals surface area contributed by atoms with Crippen LogP contribution in [0, 0.1) is 0 Å². The van der Waals surface area contributed by atoms with Gasteiger partial charge in [-0.05, 0) is 0 Å². The highest BCUT2D eigenvalue weighted by Crippen LogP contribution is 2.12. The van der Waals surface area contributed by atoms with Crippen molar-refractivity contribution >= 4 is 37.5 Å². The van der Waals surface area contributed by atoms with Crippen LogP contribution in [0.15, 0.2) is 0 Å². The Balaban J connectivity index is 5.36. The van der Waals surface area contributed by atoms with Crippen LogP contribution >= 0.6 is 0 Å². The normalized spacial score (nSPS) is 18.0. The number of aliphatic hydroxyl groups is 2. The summed E-state index contributed by atoms with van der Waals surface area (Å²) in [6.45, 7) is -1.35. The van der Waals surface area contributed by atoms with Gasteiger partial charge in [0, 0.05) is 0 Å². The number of rotatable bonds is 13. The summed E-state index contributed by atoms with van der Waals surface area (Å²) in [5.74, 6) is 0. The molecule has 20 heteroatoms. The number of nitrogens with one attached hydrogen (secondary N) is 1. The fourth-order valence-electron chi connectivity index (χ4n) is 1.19. The van der Waals surface area contributed by atoms with Gasteiger partial charge in [0.05, 0.1) is 6.61 Å². The summed E-state index contributed by atoms with van der Waals surface area (Å²) in [4.78, 5) is 14.9. The Bertz CT molecular complexity index is 756. The van der Waals surface area contributed by atoms with Crippen molar-refractivity contribution in [1.29, 1.82) is 0 Å². The first-order valence-corrected chi connectivity index (χ1v) is 9.82. The molecule has 0 saturated heterocycles. The number of hydroxylamine groups is 1. The number of aldehydes is 1. The molecular weight excluding hydrogens is 438 g/mol. The van der Waals surface area contributed by atoms with E-state index < -0.39 is 62.2 Å². The molecule has 0 unspecified atom stereocenters. The van der Waals surface area contributed by atoms with Gasteiger partial charge in [-0.3, -0.25) is 13.7 Å². The molecule has 0 bridgehead atoms. The van der Waals surface area contributed by atoms with E-state index in [-0.39, 0.29) is 6.29 Å². The molecule has 0 aliphatic rings. The molecule has 156 valence electrons. The zero-order valence-electron chi connectivity index (χ0n) is 12.0. The maximum Gasteiger partial charge on any atom is 0.424 e. The summed E-state index contributed by atoms with van der Waals surface area (Å²) in [5, 5.41) is 19.3. The lowest BCUT2D eigenvalue weighted by atomic mass is 10.0. The number of carbonyl (C=O) groups is 1. The molecule has 0 aromatic carbocycles. The van der Waals surface area contributed by atoms with Crippen molar-refractivity contribution in [1.82, 2.24) is 5.48 Å². The van der Waals surface area contributed by atoms with Crippen LogP contribution in [0.1, 0.15) is 0 Å². The molecule has 0 heterocycles. The van der Waals surface area contributed by atoms with Crippen molar-refractivity contribution in [3.63, 3.8) is 0 Å². The van der Waals surface area contributed by atoms with Gasteiger partial charge < -0.3 is 15.0 Å². The van der Waals surface area contributed by atoms with Gasteiger partial charge in [-0.15, -0.1) is 0 Å². The van der Waals surface area contributed by atoms with Gasteiger partial charge in [-0.1, -0.05) is 4.33 Å². The standard InChI is InChI=1S/C6H13NO16S3/c8-1-3(7-22-25(14,15)16)6(21-23-26(17,18)19)5(10)4(9)2-20-24(11,12)13/h1,3-7,9-10H,2H2,(H,11,12,13)(H,14,15,16)(H,17,18,19)/t3-,4+,5+,6+/m0/s1. The summed E-state index contributed by atoms with van der Waals surface area (Å²) in [5.41, 5.74) is 1.29. The van der Waals surface area contributed by atoms with Gasteiger partial charge >= 0.3 is 31.2 Å². The monoisotopic (exact) mass is 451 g/mol. The zero-order chi connectivity index (χ0) is 20.8. The molecule has 4 atom stereocenters. The summed E-state index contributed by atoms with van der Waals surface area (Å²) < 4.78 is 98.3. The van der Waals surface area contributed by atoms with Crippen LogP contribution in [0.2, 0.25) is 0 Å². The van der Waals surface area contributed by atoms with Gasteiger partial charge in [-0.25, -0.2) is 9.07 Å². The average Bonchev–Trinajstić information content (AvgIpc) is 2.44. The van der Waals surface area contributed by atoms with Crippen LogP contribution in [0.4, 0.5) is 0 Å². The van der Waals surface area contributed by atoms with Crippen molar-refractivity contribution in [2.75, 3.05) is 6.61 Å². The average molecular weight is 451 g/mol. The number of hydrogen-bond acceptors (Lipinski definition) is 14. The third kappa shape index (κ3) is 11.7. The van der Waals surface area contributed by atoms with E-state index in [1.54, 1.807) is 0 Å². The smallest absolute Gasteiger partial charge is 0.388 e. The van der Waals surface area contributed by atoms with Gasteiger partial charge in [0.25, 0.3) is 0 Å². The molecule has 0 aliphatic heterocycles. The molecule has 0 saturated carbocycles. The van der Waals surface area contributed by atoms with Crippen molar-refractivity contribution in [2.24, 2.45) is 0 Å². The van der Waals surface area contributed by atoms with E-state index >= 15 is 0 Å². The molecule has 26 heavy (non-hydrogen) atoms. The van der Waals surface area contributed by atoms with Gasteiger partial charge in [0.1, 0.15) is 30.6 Å². The van der Waals surface area contributed by atoms with Crippen LogP contribution in [-0.2, 0) is 53.7 Å². The van der Waals surface area contributed by atoms with E-state index in [1.807, 2.05) is 0 Å². The number of aliphatic hydroxyl groups excluding tert-OH is 2. The Kier molecular flexibility index (Phi) is 9.55. The fraction of sp³-hybridized carbons (Fsp3) is 0.833. The second kappa shape index (κ2) is 9.88. The molecule has 6 N–H and O–H groups in total. The molecule has 0 aromatic rings. The lowest BCUT2D eigenvalue weighted by molar-refractivity contribution is -0.283. The van der Waals surface area contributed by atoms with Crippen LogP contribution in [0.3, 0.4) is 0 Å². The van der Waals surface area contributed by atoms with Crippen molar-refractivity contribution < 1.29 is 71.6 Å². The molecule has 0 aliphatic carbocycles. The highest BCUT2D eigenvalue weighted by atomic mass is 32.3. The Morgan fingerprint density at radius 3 is 1.85 bits per heavy atom. The van der Waals surface area contributed by atoms with Crippen molar-refractivity contribution in [3.8, 4) is 0 Å². The predicted octanol–water partition coefficient (Wildman–Crippen LogP) is -4.46. The maximum atomic E-state index is 10.9. The van der Waals surface area contributed by atoms with Crippen molar-refractivity contribution in [2.45, 2.75) is 24.4 Å². The zero-order valence-corrected chi connectivity index (χ0v) is 14.5. The van der Waals surface area contributed by atoms with Crippen LogP contribution in [-0.4, -0.2) is 86.4 Å². The molecular formula is C6H13NO16S3. The summed E-state index contributed by atoms with van der Waals surface area (Å²) in [7, 11) is -15.6. The topological polar surface area (TPSA) is 270 Å². The van der Waals surface area contributed by atoms with Crippen LogP contribution in [0.25, 0.3) is 0 Å². The van der Waals surface area contributed by atoms with Crippen LogP contribution in [0.5, 0.6) is 0 Å². The Labute approximate surface area is 146 Å². The van der Waals surface area contributed by atoms with E-state index in [0.717, 1.165) is 0 Å². The highest BCUT2D eigenvalue weighted by molar-refractivity contribution is 7.81. The Hall–Kier alpha value is -0.880. The lowest BCUT2D eigenvalue weighted by Gasteiger charge is -2.28. The first-order valence-electron chi connectivity index (χ1n) is 5.73. The molecule has 0 spiro atoms. The van der Waals surface area contributed by atoms with Crippen molar-refractivity contribution in [3.05, 3.63) is 0 Å². The molecule has 0 amide bonds. The van der Waals surface area contributed by atoms with E-state index in [1.165, 1.54) is 5.48 Å². The second-order valence-electron chi connectivity index (χ2n) is 4.12. The van der Waals surface area contributed by atoms with Gasteiger partial charge in [0.2, 0.25) is 0 Å². The van der Waals surface area contributed by atoms with Gasteiger partial charge in [0.15, 0.2) is 0 Å². The minimum absolute atomic E-state index is 0.289. The fourth-order valence-corrected chi connectivity index (χ4v) is 1.92. The number of carbonyl (C=O) groups excluding carboxylic acids is 1. The minimum Gasteiger partial charge on any atom is -0.388 e. The highest BCUT2D eigenvalue weighted by Gasteiger charge is 2.38. The Morgan fingerprint density at radius 2 is 1.46 bits per heavy atom.